The molecule has 0 aliphatic heterocycles. The summed E-state index contributed by atoms with van der Waals surface area (Å²) in [5, 5.41) is 4.49. The molecular weight excluding hydrogens is 374 g/mol. The van der Waals surface area contributed by atoms with Crippen molar-refractivity contribution < 1.29 is 19.1 Å². The summed E-state index contributed by atoms with van der Waals surface area (Å²) in [5.74, 6) is -1.10. The Hall–Kier alpha value is -3.25. The van der Waals surface area contributed by atoms with Crippen molar-refractivity contribution in [3.8, 4) is 11.1 Å². The molecule has 3 rings (SSSR count). The van der Waals surface area contributed by atoms with Crippen molar-refractivity contribution in [2.75, 3.05) is 11.9 Å². The molecule has 1 amide bonds. The fourth-order valence-electron chi connectivity index (χ4n) is 2.57. The van der Waals surface area contributed by atoms with Gasteiger partial charge in [-0.3, -0.25) is 14.4 Å². The van der Waals surface area contributed by atoms with E-state index in [2.05, 4.69) is 5.32 Å². The van der Waals surface area contributed by atoms with Gasteiger partial charge in [-0.05, 0) is 34.7 Å². The molecule has 0 saturated heterocycles. The first-order valence-corrected chi connectivity index (χ1v) is 9.67. The zero-order valence-electron chi connectivity index (χ0n) is 15.1. The fourth-order valence-corrected chi connectivity index (χ4v) is 3.26. The average Bonchev–Trinajstić information content (AvgIpc) is 3.27. The summed E-state index contributed by atoms with van der Waals surface area (Å²) in [7, 11) is 0. The van der Waals surface area contributed by atoms with Gasteiger partial charge in [0.2, 0.25) is 0 Å². The van der Waals surface area contributed by atoms with Crippen LogP contribution in [0.5, 0.6) is 0 Å². The molecular formula is C22H19NO4S. The van der Waals surface area contributed by atoms with Crippen molar-refractivity contribution in [2.45, 2.75) is 12.8 Å². The number of ketones is 1. The molecule has 28 heavy (non-hydrogen) atoms. The summed E-state index contributed by atoms with van der Waals surface area (Å²) in [4.78, 5) is 36.1. The Bertz CT molecular complexity index is 934. The summed E-state index contributed by atoms with van der Waals surface area (Å²) in [5.41, 5.74) is 2.75. The predicted octanol–water partition coefficient (Wildman–Crippen LogP) is 4.56. The second-order valence-electron chi connectivity index (χ2n) is 6.05. The molecule has 1 N–H and O–H groups in total. The summed E-state index contributed by atoms with van der Waals surface area (Å²) in [6.45, 7) is -0.382. The van der Waals surface area contributed by atoms with Crippen LogP contribution < -0.4 is 5.32 Å². The normalized spacial score (nSPS) is 10.3. The number of rotatable bonds is 8. The second-order valence-corrected chi connectivity index (χ2v) is 7.00. The van der Waals surface area contributed by atoms with Crippen LogP contribution in [0.4, 0.5) is 5.69 Å². The third kappa shape index (κ3) is 5.62. The molecule has 0 aliphatic rings. The number of hydrogen-bond acceptors (Lipinski definition) is 5. The number of amides is 1. The molecule has 142 valence electrons. The number of hydrogen-bond donors (Lipinski definition) is 1. The van der Waals surface area contributed by atoms with Gasteiger partial charge in [0.15, 0.2) is 12.4 Å². The maximum atomic E-state index is 11.9. The Morgan fingerprint density at radius 1 is 0.821 bits per heavy atom. The predicted molar refractivity (Wildman–Crippen MR) is 109 cm³/mol. The summed E-state index contributed by atoms with van der Waals surface area (Å²) < 4.78 is 4.94. The van der Waals surface area contributed by atoms with E-state index < -0.39 is 11.9 Å². The number of esters is 1. The molecule has 0 spiro atoms. The van der Waals surface area contributed by atoms with Gasteiger partial charge in [-0.25, -0.2) is 0 Å². The van der Waals surface area contributed by atoms with Crippen LogP contribution in [-0.2, 0) is 14.3 Å². The molecule has 0 atom stereocenters. The van der Waals surface area contributed by atoms with E-state index >= 15 is 0 Å². The van der Waals surface area contributed by atoms with Crippen molar-refractivity contribution in [1.82, 2.24) is 0 Å². The third-order valence-corrected chi connectivity index (χ3v) is 4.90. The Morgan fingerprint density at radius 3 is 2.21 bits per heavy atom. The zero-order valence-corrected chi connectivity index (χ0v) is 15.9. The van der Waals surface area contributed by atoms with Crippen molar-refractivity contribution in [2.24, 2.45) is 0 Å². The molecule has 3 aromatic rings. The van der Waals surface area contributed by atoms with Gasteiger partial charge in [0.25, 0.3) is 5.91 Å². The van der Waals surface area contributed by atoms with Crippen LogP contribution in [0.25, 0.3) is 11.1 Å². The Balaban J connectivity index is 1.41. The molecule has 0 bridgehead atoms. The summed E-state index contributed by atoms with van der Waals surface area (Å²) in [6.07, 6.45) is 0.0255. The maximum Gasteiger partial charge on any atom is 0.306 e. The summed E-state index contributed by atoms with van der Waals surface area (Å²) >= 11 is 1.34. The van der Waals surface area contributed by atoms with Gasteiger partial charge in [-0.1, -0.05) is 48.5 Å². The van der Waals surface area contributed by atoms with Gasteiger partial charge in [-0.2, -0.15) is 0 Å². The lowest BCUT2D eigenvalue weighted by atomic mass is 10.1. The molecule has 0 aliphatic carbocycles. The number of nitrogens with one attached hydrogen (secondary N) is 1. The molecule has 0 unspecified atom stereocenters. The number of carbonyl (C=O) groups excluding carboxylic acids is 3. The van der Waals surface area contributed by atoms with E-state index in [1.54, 1.807) is 24.3 Å². The molecule has 1 heterocycles. The van der Waals surface area contributed by atoms with Crippen LogP contribution in [0.2, 0.25) is 0 Å². The fraction of sp³-hybridized carbons (Fsp3) is 0.136. The second kappa shape index (κ2) is 9.62. The van der Waals surface area contributed by atoms with E-state index in [-0.39, 0.29) is 25.2 Å². The van der Waals surface area contributed by atoms with Crippen molar-refractivity contribution in [3.05, 3.63) is 77.0 Å². The van der Waals surface area contributed by atoms with Gasteiger partial charge in [0, 0.05) is 12.1 Å². The minimum atomic E-state index is -0.570. The van der Waals surface area contributed by atoms with Crippen LogP contribution in [0, 0.1) is 0 Å². The van der Waals surface area contributed by atoms with E-state index in [1.165, 1.54) is 11.3 Å². The molecule has 2 aromatic carbocycles. The molecule has 0 saturated carbocycles. The van der Waals surface area contributed by atoms with Crippen LogP contribution >= 0.6 is 11.3 Å². The number of anilines is 1. The van der Waals surface area contributed by atoms with Crippen LogP contribution in [0.3, 0.4) is 0 Å². The van der Waals surface area contributed by atoms with E-state index in [9.17, 15) is 14.4 Å². The first-order valence-electron chi connectivity index (χ1n) is 8.79. The first-order chi connectivity index (χ1) is 13.6. The molecule has 6 heteroatoms. The van der Waals surface area contributed by atoms with E-state index in [4.69, 9.17) is 4.74 Å². The van der Waals surface area contributed by atoms with Crippen LogP contribution in [0.15, 0.2) is 72.1 Å². The highest BCUT2D eigenvalue weighted by atomic mass is 32.1. The number of Topliss-reactive ketones (excluding diaryl/α,β-unsaturated/α-hetero) is 1. The Labute approximate surface area is 167 Å². The smallest absolute Gasteiger partial charge is 0.306 e. The highest BCUT2D eigenvalue weighted by Gasteiger charge is 2.12. The highest BCUT2D eigenvalue weighted by Crippen LogP contribution is 2.21. The SMILES string of the molecule is O=C(COC(=O)CCC(=O)c1cccs1)Nc1ccc(-c2ccccc2)cc1. The van der Waals surface area contributed by atoms with Crippen molar-refractivity contribution in [3.63, 3.8) is 0 Å². The topological polar surface area (TPSA) is 72.5 Å². The standard InChI is InChI=1S/C22H19NO4S/c24-19(20-7-4-14-28-20)12-13-22(26)27-15-21(25)23-18-10-8-17(9-11-18)16-5-2-1-3-6-16/h1-11,14H,12-13,15H2,(H,23,25). The van der Waals surface area contributed by atoms with Gasteiger partial charge in [0.05, 0.1) is 11.3 Å². The van der Waals surface area contributed by atoms with E-state index in [0.29, 0.717) is 10.6 Å². The number of carbonyl (C=O) groups is 3. The lowest BCUT2D eigenvalue weighted by Gasteiger charge is -2.08. The van der Waals surface area contributed by atoms with E-state index in [0.717, 1.165) is 11.1 Å². The monoisotopic (exact) mass is 393 g/mol. The van der Waals surface area contributed by atoms with Gasteiger partial charge >= 0.3 is 5.97 Å². The largest absolute Gasteiger partial charge is 0.456 e. The average molecular weight is 393 g/mol. The van der Waals surface area contributed by atoms with Gasteiger partial charge in [0.1, 0.15) is 0 Å². The Kier molecular flexibility index (Phi) is 6.70. The maximum absolute atomic E-state index is 11.9. The lowest BCUT2D eigenvalue weighted by Crippen LogP contribution is -2.21. The lowest BCUT2D eigenvalue weighted by molar-refractivity contribution is -0.147. The van der Waals surface area contributed by atoms with Crippen molar-refractivity contribution in [1.29, 1.82) is 0 Å². The molecule has 0 fully saturated rings. The van der Waals surface area contributed by atoms with Crippen molar-refractivity contribution >= 4 is 34.7 Å². The van der Waals surface area contributed by atoms with Crippen LogP contribution in [-0.4, -0.2) is 24.3 Å². The quantitative estimate of drug-likeness (QED) is 0.450. The molecule has 1 aromatic heterocycles. The Morgan fingerprint density at radius 2 is 1.54 bits per heavy atom. The first kappa shape index (κ1) is 19.5. The number of ether oxygens (including phenoxy) is 1. The minimum absolute atomic E-state index is 0.0458. The third-order valence-electron chi connectivity index (χ3n) is 3.99. The molecule has 0 radical (unpaired) electrons. The van der Waals surface area contributed by atoms with Crippen LogP contribution in [0.1, 0.15) is 22.5 Å². The zero-order chi connectivity index (χ0) is 19.8. The number of thiophene rings is 1. The summed E-state index contributed by atoms with van der Waals surface area (Å²) in [6, 6.07) is 20.8. The number of benzene rings is 2. The minimum Gasteiger partial charge on any atom is -0.456 e. The van der Waals surface area contributed by atoms with Gasteiger partial charge < -0.3 is 10.1 Å². The van der Waals surface area contributed by atoms with E-state index in [1.807, 2.05) is 47.8 Å². The highest BCUT2D eigenvalue weighted by molar-refractivity contribution is 7.12. The van der Waals surface area contributed by atoms with Gasteiger partial charge in [-0.15, -0.1) is 11.3 Å². The molecule has 5 nitrogen and oxygen atoms in total.